The molecule has 1 heterocycles. The summed E-state index contributed by atoms with van der Waals surface area (Å²) in [6, 6.07) is 29.0. The summed E-state index contributed by atoms with van der Waals surface area (Å²) in [5.41, 5.74) is 7.29. The number of hydrogen-bond donors (Lipinski definition) is 0. The highest BCUT2D eigenvalue weighted by Gasteiger charge is 2.44. The van der Waals surface area contributed by atoms with Crippen LogP contribution in [0.5, 0.6) is 0 Å². The second-order valence-electron chi connectivity index (χ2n) is 7.36. The molecule has 1 aliphatic carbocycles. The van der Waals surface area contributed by atoms with E-state index in [0.29, 0.717) is 0 Å². The number of nitrogens with zero attached hydrogens (tertiary/aromatic N) is 1. The fourth-order valence-electron chi connectivity index (χ4n) is 4.96. The summed E-state index contributed by atoms with van der Waals surface area (Å²) < 4.78 is 0. The standard InChI is InChI=1S/C24H23N/c1-2-11-20(12-3-1)25-17-9-8-16-24(25)18-19-10-4-5-13-21(19)22-14-6-7-15-23(22)24/h1-7,10-15H,8-9,16-18H2. The molecule has 1 atom stereocenters. The third-order valence-electron chi connectivity index (χ3n) is 6.03. The van der Waals surface area contributed by atoms with Crippen molar-refractivity contribution in [3.8, 4) is 11.1 Å². The zero-order chi connectivity index (χ0) is 16.7. The lowest BCUT2D eigenvalue weighted by Gasteiger charge is -2.52. The third kappa shape index (κ3) is 2.22. The number of benzene rings is 3. The van der Waals surface area contributed by atoms with Crippen molar-refractivity contribution in [2.75, 3.05) is 11.4 Å². The van der Waals surface area contributed by atoms with Gasteiger partial charge in [0, 0.05) is 18.7 Å². The predicted octanol–water partition coefficient (Wildman–Crippen LogP) is 5.80. The largest absolute Gasteiger partial charge is 0.361 e. The topological polar surface area (TPSA) is 3.24 Å². The normalized spacial score (nSPS) is 21.7. The molecule has 2 aliphatic rings. The average Bonchev–Trinajstić information content (AvgIpc) is 2.69. The summed E-state index contributed by atoms with van der Waals surface area (Å²) >= 11 is 0. The molecule has 5 rings (SSSR count). The van der Waals surface area contributed by atoms with Crippen LogP contribution >= 0.6 is 0 Å². The number of para-hydroxylation sites is 1. The fourth-order valence-corrected chi connectivity index (χ4v) is 4.96. The zero-order valence-electron chi connectivity index (χ0n) is 14.5. The lowest BCUT2D eigenvalue weighted by molar-refractivity contribution is 0.308. The van der Waals surface area contributed by atoms with E-state index in [0.717, 1.165) is 13.0 Å². The average molecular weight is 325 g/mol. The van der Waals surface area contributed by atoms with Crippen LogP contribution in [0.15, 0.2) is 78.9 Å². The summed E-state index contributed by atoms with van der Waals surface area (Å²) in [5.74, 6) is 0. The second-order valence-corrected chi connectivity index (χ2v) is 7.36. The summed E-state index contributed by atoms with van der Waals surface area (Å²) in [6.45, 7) is 1.14. The van der Waals surface area contributed by atoms with Crippen LogP contribution in [-0.2, 0) is 12.0 Å². The molecule has 0 saturated carbocycles. The number of rotatable bonds is 1. The van der Waals surface area contributed by atoms with Crippen molar-refractivity contribution in [3.05, 3.63) is 90.0 Å². The molecular formula is C24H23N. The van der Waals surface area contributed by atoms with Gasteiger partial charge in [0.15, 0.2) is 0 Å². The Hall–Kier alpha value is -2.54. The quantitative estimate of drug-likeness (QED) is 0.547. The Bertz CT molecular complexity index is 899. The van der Waals surface area contributed by atoms with Crippen LogP contribution in [0.4, 0.5) is 5.69 Å². The molecule has 3 aromatic carbocycles. The maximum Gasteiger partial charge on any atom is 0.0700 e. The third-order valence-corrected chi connectivity index (χ3v) is 6.03. The minimum absolute atomic E-state index is 0.0878. The van der Waals surface area contributed by atoms with Crippen molar-refractivity contribution in [3.63, 3.8) is 0 Å². The molecule has 0 aromatic heterocycles. The first kappa shape index (κ1) is 14.8. The Morgan fingerprint density at radius 2 is 1.40 bits per heavy atom. The van der Waals surface area contributed by atoms with E-state index in [1.54, 1.807) is 0 Å². The van der Waals surface area contributed by atoms with Crippen molar-refractivity contribution in [2.24, 2.45) is 0 Å². The highest BCUT2D eigenvalue weighted by atomic mass is 15.2. The van der Waals surface area contributed by atoms with Gasteiger partial charge >= 0.3 is 0 Å². The molecular weight excluding hydrogens is 302 g/mol. The summed E-state index contributed by atoms with van der Waals surface area (Å²) in [5, 5.41) is 0. The Morgan fingerprint density at radius 3 is 2.28 bits per heavy atom. The van der Waals surface area contributed by atoms with Gasteiger partial charge in [0.2, 0.25) is 0 Å². The highest BCUT2D eigenvalue weighted by molar-refractivity contribution is 5.76. The van der Waals surface area contributed by atoms with E-state index in [2.05, 4.69) is 83.8 Å². The van der Waals surface area contributed by atoms with E-state index < -0.39 is 0 Å². The van der Waals surface area contributed by atoms with E-state index in [-0.39, 0.29) is 5.54 Å². The first-order valence-corrected chi connectivity index (χ1v) is 9.39. The van der Waals surface area contributed by atoms with Crippen LogP contribution in [0, 0.1) is 0 Å². The molecule has 0 amide bonds. The van der Waals surface area contributed by atoms with Crippen LogP contribution < -0.4 is 4.90 Å². The molecule has 1 aliphatic heterocycles. The van der Waals surface area contributed by atoms with Gasteiger partial charge in [-0.2, -0.15) is 0 Å². The van der Waals surface area contributed by atoms with Gasteiger partial charge in [0.1, 0.15) is 0 Å². The lowest BCUT2D eigenvalue weighted by atomic mass is 9.68. The van der Waals surface area contributed by atoms with Crippen molar-refractivity contribution in [1.29, 1.82) is 0 Å². The zero-order valence-corrected chi connectivity index (χ0v) is 14.5. The Labute approximate surface area is 149 Å². The van der Waals surface area contributed by atoms with Crippen molar-refractivity contribution < 1.29 is 0 Å². The minimum atomic E-state index is 0.0878. The van der Waals surface area contributed by atoms with Crippen molar-refractivity contribution >= 4 is 5.69 Å². The molecule has 0 bridgehead atoms. The first-order valence-electron chi connectivity index (χ1n) is 9.39. The van der Waals surface area contributed by atoms with Crippen LogP contribution in [0.25, 0.3) is 11.1 Å². The van der Waals surface area contributed by atoms with Gasteiger partial charge in [-0.15, -0.1) is 0 Å². The maximum absolute atomic E-state index is 2.69. The number of hydrogen-bond acceptors (Lipinski definition) is 1. The number of piperidine rings is 1. The van der Waals surface area contributed by atoms with E-state index in [9.17, 15) is 0 Å². The molecule has 1 heteroatoms. The molecule has 3 aromatic rings. The maximum atomic E-state index is 2.69. The Balaban J connectivity index is 1.74. The lowest BCUT2D eigenvalue weighted by Crippen LogP contribution is -2.52. The second kappa shape index (κ2) is 5.77. The van der Waals surface area contributed by atoms with E-state index in [1.807, 2.05) is 0 Å². The van der Waals surface area contributed by atoms with Crippen LogP contribution in [0.1, 0.15) is 30.4 Å². The van der Waals surface area contributed by atoms with Crippen LogP contribution in [0.2, 0.25) is 0 Å². The Kier molecular flexibility index (Phi) is 3.41. The van der Waals surface area contributed by atoms with Gasteiger partial charge in [0.05, 0.1) is 5.54 Å². The van der Waals surface area contributed by atoms with Crippen LogP contribution in [0.3, 0.4) is 0 Å². The highest BCUT2D eigenvalue weighted by Crippen LogP contribution is 2.50. The monoisotopic (exact) mass is 325 g/mol. The molecule has 25 heavy (non-hydrogen) atoms. The van der Waals surface area contributed by atoms with Gasteiger partial charge in [-0.25, -0.2) is 0 Å². The summed E-state index contributed by atoms with van der Waals surface area (Å²) in [6.07, 6.45) is 4.92. The van der Waals surface area contributed by atoms with Gasteiger partial charge in [-0.3, -0.25) is 0 Å². The molecule has 124 valence electrons. The molecule has 0 radical (unpaired) electrons. The Morgan fingerprint density at radius 1 is 0.680 bits per heavy atom. The molecule has 1 saturated heterocycles. The van der Waals surface area contributed by atoms with Crippen molar-refractivity contribution in [1.82, 2.24) is 0 Å². The number of fused-ring (bicyclic) bond motifs is 4. The van der Waals surface area contributed by atoms with E-state index in [1.165, 1.54) is 47.2 Å². The van der Waals surface area contributed by atoms with Crippen LogP contribution in [-0.4, -0.2) is 6.54 Å². The minimum Gasteiger partial charge on any atom is -0.361 e. The molecule has 0 N–H and O–H groups in total. The molecule has 1 fully saturated rings. The number of anilines is 1. The SMILES string of the molecule is c1ccc(N2CCCCC23Cc2ccccc2-c2ccccc23)cc1. The van der Waals surface area contributed by atoms with E-state index >= 15 is 0 Å². The smallest absolute Gasteiger partial charge is 0.0700 e. The predicted molar refractivity (Wildman–Crippen MR) is 105 cm³/mol. The van der Waals surface area contributed by atoms with Gasteiger partial charge in [-0.1, -0.05) is 66.7 Å². The fraction of sp³-hybridized carbons (Fsp3) is 0.250. The summed E-state index contributed by atoms with van der Waals surface area (Å²) in [4.78, 5) is 2.69. The van der Waals surface area contributed by atoms with Crippen molar-refractivity contribution in [2.45, 2.75) is 31.2 Å². The summed E-state index contributed by atoms with van der Waals surface area (Å²) in [7, 11) is 0. The molecule has 1 spiro atoms. The first-order chi connectivity index (χ1) is 12.4. The van der Waals surface area contributed by atoms with Gasteiger partial charge < -0.3 is 4.90 Å². The van der Waals surface area contributed by atoms with Gasteiger partial charge in [-0.05, 0) is 53.6 Å². The molecule has 1 nitrogen and oxygen atoms in total. The molecule has 1 unspecified atom stereocenters. The van der Waals surface area contributed by atoms with E-state index in [4.69, 9.17) is 0 Å². The van der Waals surface area contributed by atoms with Gasteiger partial charge in [0.25, 0.3) is 0 Å².